The van der Waals surface area contributed by atoms with Crippen LogP contribution in [0.25, 0.3) is 0 Å². The second-order valence-corrected chi connectivity index (χ2v) is 3.30. The van der Waals surface area contributed by atoms with Crippen molar-refractivity contribution >= 4 is 0 Å². The van der Waals surface area contributed by atoms with E-state index in [0.29, 0.717) is 5.76 Å². The van der Waals surface area contributed by atoms with Gasteiger partial charge in [-0.1, -0.05) is 0 Å². The van der Waals surface area contributed by atoms with Gasteiger partial charge in [-0.15, -0.1) is 0 Å². The Labute approximate surface area is 98.7 Å². The van der Waals surface area contributed by atoms with E-state index in [0.717, 1.165) is 0 Å². The molecule has 1 aliphatic carbocycles. The number of rotatable bonds is 5. The van der Waals surface area contributed by atoms with Crippen molar-refractivity contribution in [2.75, 3.05) is 28.4 Å². The van der Waals surface area contributed by atoms with E-state index in [1.165, 1.54) is 40.6 Å². The van der Waals surface area contributed by atoms with Gasteiger partial charge in [0, 0.05) is 20.3 Å². The molecule has 96 valence electrons. The molecule has 0 N–H and O–H groups in total. The maximum atomic E-state index is 11.3. The van der Waals surface area contributed by atoms with E-state index in [4.69, 9.17) is 18.9 Å². The summed E-state index contributed by atoms with van der Waals surface area (Å²) in [4.78, 5) is 10.7. The standard InChI is InChI=1S/C10H15NO6/c1-14-7-5-8(15-2)10(17-4,11(12)13)9(6-7)16-3/h5-6,8H,1-4H3. The van der Waals surface area contributed by atoms with Gasteiger partial charge in [-0.3, -0.25) is 10.1 Å². The third-order valence-electron chi connectivity index (χ3n) is 2.62. The van der Waals surface area contributed by atoms with E-state index >= 15 is 0 Å². The summed E-state index contributed by atoms with van der Waals surface area (Å²) in [7, 11) is 5.36. The molecule has 0 spiro atoms. The van der Waals surface area contributed by atoms with Crippen molar-refractivity contribution in [1.82, 2.24) is 0 Å². The Morgan fingerprint density at radius 1 is 1.29 bits per heavy atom. The zero-order chi connectivity index (χ0) is 13.1. The third kappa shape index (κ3) is 1.98. The van der Waals surface area contributed by atoms with Crippen molar-refractivity contribution < 1.29 is 23.9 Å². The number of allylic oxidation sites excluding steroid dienone is 1. The third-order valence-corrected chi connectivity index (χ3v) is 2.62. The minimum atomic E-state index is -1.88. The topological polar surface area (TPSA) is 80.1 Å². The number of nitro groups is 1. The molecule has 1 aliphatic rings. The number of hydrogen-bond donors (Lipinski definition) is 0. The van der Waals surface area contributed by atoms with E-state index in [-0.39, 0.29) is 5.76 Å². The number of hydrogen-bond acceptors (Lipinski definition) is 6. The van der Waals surface area contributed by atoms with Crippen LogP contribution in [0.4, 0.5) is 0 Å². The molecule has 0 aromatic carbocycles. The van der Waals surface area contributed by atoms with Crippen LogP contribution in [0.2, 0.25) is 0 Å². The zero-order valence-corrected chi connectivity index (χ0v) is 10.1. The number of methoxy groups -OCH3 is 4. The van der Waals surface area contributed by atoms with Crippen molar-refractivity contribution in [2.24, 2.45) is 0 Å². The van der Waals surface area contributed by atoms with Gasteiger partial charge in [-0.25, -0.2) is 0 Å². The first-order valence-electron chi connectivity index (χ1n) is 4.81. The van der Waals surface area contributed by atoms with Crippen molar-refractivity contribution in [3.8, 4) is 0 Å². The summed E-state index contributed by atoms with van der Waals surface area (Å²) < 4.78 is 20.1. The first-order chi connectivity index (χ1) is 8.06. The van der Waals surface area contributed by atoms with Gasteiger partial charge in [0.1, 0.15) is 5.76 Å². The summed E-state index contributed by atoms with van der Waals surface area (Å²) in [6, 6.07) is 0. The van der Waals surface area contributed by atoms with Crippen molar-refractivity contribution in [2.45, 2.75) is 11.8 Å². The van der Waals surface area contributed by atoms with Gasteiger partial charge in [0.25, 0.3) is 0 Å². The Bertz CT molecular complexity index is 364. The highest BCUT2D eigenvalue weighted by Gasteiger charge is 2.58. The lowest BCUT2D eigenvalue weighted by Gasteiger charge is -2.32. The highest BCUT2D eigenvalue weighted by atomic mass is 16.7. The molecule has 0 amide bonds. The molecule has 2 unspecified atom stereocenters. The van der Waals surface area contributed by atoms with Crippen LogP contribution in [0.3, 0.4) is 0 Å². The Morgan fingerprint density at radius 2 is 1.94 bits per heavy atom. The molecule has 0 fully saturated rings. The summed E-state index contributed by atoms with van der Waals surface area (Å²) in [5, 5.41) is 11.3. The lowest BCUT2D eigenvalue weighted by atomic mass is 9.98. The molecule has 7 heteroatoms. The molecule has 0 bridgehead atoms. The van der Waals surface area contributed by atoms with E-state index in [9.17, 15) is 10.1 Å². The van der Waals surface area contributed by atoms with Gasteiger partial charge in [-0.2, -0.15) is 0 Å². The molecule has 0 aromatic rings. The van der Waals surface area contributed by atoms with Crippen LogP contribution in [0, 0.1) is 10.1 Å². The Hall–Kier alpha value is -1.60. The van der Waals surface area contributed by atoms with Crippen LogP contribution in [-0.4, -0.2) is 45.2 Å². The highest BCUT2D eigenvalue weighted by molar-refractivity contribution is 5.30. The normalized spacial score (nSPS) is 28.1. The number of nitrogens with zero attached hydrogens (tertiary/aromatic N) is 1. The minimum absolute atomic E-state index is 0.0243. The van der Waals surface area contributed by atoms with Crippen LogP contribution in [0.1, 0.15) is 0 Å². The Morgan fingerprint density at radius 3 is 2.29 bits per heavy atom. The summed E-state index contributed by atoms with van der Waals surface area (Å²) in [6.45, 7) is 0. The quantitative estimate of drug-likeness (QED) is 0.403. The Balaban J connectivity index is 3.31. The largest absolute Gasteiger partial charge is 0.497 e. The van der Waals surface area contributed by atoms with Crippen molar-refractivity contribution in [3.05, 3.63) is 33.8 Å². The van der Waals surface area contributed by atoms with Gasteiger partial charge < -0.3 is 18.9 Å². The fraction of sp³-hybridized carbons (Fsp3) is 0.600. The molecule has 0 radical (unpaired) electrons. The van der Waals surface area contributed by atoms with E-state index in [1.807, 2.05) is 0 Å². The van der Waals surface area contributed by atoms with Crippen LogP contribution in [0.15, 0.2) is 23.7 Å². The van der Waals surface area contributed by atoms with E-state index in [2.05, 4.69) is 0 Å². The molecule has 0 saturated carbocycles. The van der Waals surface area contributed by atoms with Crippen LogP contribution in [-0.2, 0) is 18.9 Å². The maximum Gasteiger partial charge on any atom is 0.412 e. The highest BCUT2D eigenvalue weighted by Crippen LogP contribution is 2.34. The molecule has 2 atom stereocenters. The first kappa shape index (κ1) is 13.5. The average Bonchev–Trinajstić information content (AvgIpc) is 2.36. The summed E-state index contributed by atoms with van der Waals surface area (Å²) in [6.07, 6.45) is 1.94. The molecule has 7 nitrogen and oxygen atoms in total. The fourth-order valence-electron chi connectivity index (χ4n) is 1.73. The molecule has 0 saturated heterocycles. The fourth-order valence-corrected chi connectivity index (χ4v) is 1.73. The van der Waals surface area contributed by atoms with Crippen LogP contribution >= 0.6 is 0 Å². The van der Waals surface area contributed by atoms with Gasteiger partial charge >= 0.3 is 5.72 Å². The van der Waals surface area contributed by atoms with Crippen molar-refractivity contribution in [3.63, 3.8) is 0 Å². The van der Waals surface area contributed by atoms with Crippen LogP contribution in [0.5, 0.6) is 0 Å². The van der Waals surface area contributed by atoms with Gasteiger partial charge in [-0.05, 0) is 6.08 Å². The monoisotopic (exact) mass is 245 g/mol. The SMILES string of the molecule is COC1=CC(OC)C(OC)([N+](=O)[O-])C(OC)=C1. The van der Waals surface area contributed by atoms with Gasteiger partial charge in [0.05, 0.1) is 19.1 Å². The first-order valence-corrected chi connectivity index (χ1v) is 4.81. The molecule has 1 rings (SSSR count). The lowest BCUT2D eigenvalue weighted by Crippen LogP contribution is -2.54. The lowest BCUT2D eigenvalue weighted by molar-refractivity contribution is -0.630. The van der Waals surface area contributed by atoms with Gasteiger partial charge in [0.15, 0.2) is 6.10 Å². The average molecular weight is 245 g/mol. The molecular weight excluding hydrogens is 230 g/mol. The second kappa shape index (κ2) is 5.15. The van der Waals surface area contributed by atoms with E-state index < -0.39 is 16.8 Å². The molecule has 17 heavy (non-hydrogen) atoms. The van der Waals surface area contributed by atoms with Crippen molar-refractivity contribution in [1.29, 1.82) is 0 Å². The molecular formula is C10H15NO6. The summed E-state index contributed by atoms with van der Waals surface area (Å²) >= 11 is 0. The zero-order valence-electron chi connectivity index (χ0n) is 10.1. The maximum absolute atomic E-state index is 11.3. The summed E-state index contributed by atoms with van der Waals surface area (Å²) in [5.41, 5.74) is -1.88. The minimum Gasteiger partial charge on any atom is -0.497 e. The molecule has 0 aromatic heterocycles. The summed E-state index contributed by atoms with van der Waals surface area (Å²) in [5.74, 6) is 0.444. The Kier molecular flexibility index (Phi) is 4.08. The van der Waals surface area contributed by atoms with E-state index in [1.54, 1.807) is 0 Å². The predicted octanol–water partition coefficient (Wildman–Crippen LogP) is 0.695. The second-order valence-electron chi connectivity index (χ2n) is 3.30. The predicted molar refractivity (Wildman–Crippen MR) is 57.7 cm³/mol. The number of ether oxygens (including phenoxy) is 4. The molecule has 0 aliphatic heterocycles. The van der Waals surface area contributed by atoms with Gasteiger partial charge in [0.2, 0.25) is 5.76 Å². The smallest absolute Gasteiger partial charge is 0.412 e. The molecule has 0 heterocycles. The van der Waals surface area contributed by atoms with Crippen LogP contribution < -0.4 is 0 Å².